The fraction of sp³-hybridized carbons (Fsp3) is 0.552. The maximum absolute atomic E-state index is 13.0. The Bertz CT molecular complexity index is 924. The topological polar surface area (TPSA) is 46.5 Å². The van der Waals surface area contributed by atoms with Gasteiger partial charge in [-0.3, -0.25) is 0 Å². The molecule has 0 aromatic heterocycles. The van der Waals surface area contributed by atoms with Gasteiger partial charge in [0.15, 0.2) is 0 Å². The SMILES string of the molecule is CC(C)(C)CC(C)(C)c1ccc(OC(=O)c2cc(C(C)(C)C)c(O)c(C(C)(C)C)c2)cc1. The normalized spacial score (nSPS) is 13.2. The van der Waals surface area contributed by atoms with E-state index in [-0.39, 0.29) is 27.4 Å². The highest BCUT2D eigenvalue weighted by molar-refractivity contribution is 5.92. The average Bonchev–Trinajstić information content (AvgIpc) is 2.58. The molecule has 1 N–H and O–H groups in total. The van der Waals surface area contributed by atoms with Gasteiger partial charge in [-0.1, -0.05) is 88.3 Å². The van der Waals surface area contributed by atoms with Gasteiger partial charge in [0, 0.05) is 11.1 Å². The first-order valence-electron chi connectivity index (χ1n) is 11.5. The van der Waals surface area contributed by atoms with Crippen LogP contribution in [0.4, 0.5) is 0 Å². The second kappa shape index (κ2) is 8.57. The van der Waals surface area contributed by atoms with Crippen LogP contribution in [0.15, 0.2) is 36.4 Å². The van der Waals surface area contributed by atoms with Crippen molar-refractivity contribution >= 4 is 5.97 Å². The Labute approximate surface area is 195 Å². The Morgan fingerprint density at radius 3 is 1.59 bits per heavy atom. The van der Waals surface area contributed by atoms with Crippen molar-refractivity contribution in [3.63, 3.8) is 0 Å². The van der Waals surface area contributed by atoms with Gasteiger partial charge in [0.05, 0.1) is 5.56 Å². The van der Waals surface area contributed by atoms with Crippen LogP contribution in [0.25, 0.3) is 0 Å². The van der Waals surface area contributed by atoms with Crippen LogP contribution >= 0.6 is 0 Å². The van der Waals surface area contributed by atoms with Gasteiger partial charge < -0.3 is 9.84 Å². The van der Waals surface area contributed by atoms with Crippen LogP contribution in [0.3, 0.4) is 0 Å². The number of hydrogen-bond donors (Lipinski definition) is 1. The molecule has 2 rings (SSSR count). The number of ether oxygens (including phenoxy) is 1. The largest absolute Gasteiger partial charge is 0.507 e. The molecule has 0 saturated carbocycles. The highest BCUT2D eigenvalue weighted by Crippen LogP contribution is 2.40. The van der Waals surface area contributed by atoms with Gasteiger partial charge in [-0.05, 0) is 57.9 Å². The summed E-state index contributed by atoms with van der Waals surface area (Å²) in [7, 11) is 0. The van der Waals surface area contributed by atoms with Crippen LogP contribution in [-0.4, -0.2) is 11.1 Å². The van der Waals surface area contributed by atoms with E-state index < -0.39 is 5.97 Å². The molecule has 2 aromatic rings. The fourth-order valence-corrected chi connectivity index (χ4v) is 4.46. The van der Waals surface area contributed by atoms with Crippen LogP contribution in [0, 0.1) is 5.41 Å². The molecule has 0 aliphatic heterocycles. The lowest BCUT2D eigenvalue weighted by molar-refractivity contribution is 0.0734. The Morgan fingerprint density at radius 2 is 1.22 bits per heavy atom. The average molecular weight is 439 g/mol. The summed E-state index contributed by atoms with van der Waals surface area (Å²) < 4.78 is 5.72. The molecule has 0 unspecified atom stereocenters. The third kappa shape index (κ3) is 6.37. The van der Waals surface area contributed by atoms with Crippen molar-refractivity contribution in [1.82, 2.24) is 0 Å². The summed E-state index contributed by atoms with van der Waals surface area (Å²) >= 11 is 0. The van der Waals surface area contributed by atoms with Crippen LogP contribution in [0.5, 0.6) is 11.5 Å². The summed E-state index contributed by atoms with van der Waals surface area (Å²) in [5, 5.41) is 10.9. The van der Waals surface area contributed by atoms with Gasteiger partial charge in [0.1, 0.15) is 11.5 Å². The van der Waals surface area contributed by atoms with Gasteiger partial charge >= 0.3 is 5.97 Å². The quantitative estimate of drug-likeness (QED) is 0.389. The predicted molar refractivity (Wildman–Crippen MR) is 134 cm³/mol. The fourth-order valence-electron chi connectivity index (χ4n) is 4.46. The Balaban J connectivity index is 2.35. The van der Waals surface area contributed by atoms with Crippen molar-refractivity contribution < 1.29 is 14.6 Å². The molecule has 0 atom stereocenters. The molecule has 3 nitrogen and oxygen atoms in total. The third-order valence-electron chi connectivity index (χ3n) is 5.78. The number of benzene rings is 2. The van der Waals surface area contributed by atoms with Crippen molar-refractivity contribution in [3.05, 3.63) is 58.7 Å². The molecular weight excluding hydrogens is 396 g/mol. The van der Waals surface area contributed by atoms with Crippen LogP contribution in [0.2, 0.25) is 0 Å². The van der Waals surface area contributed by atoms with Gasteiger partial charge in [0.25, 0.3) is 0 Å². The number of esters is 1. The van der Waals surface area contributed by atoms with Crippen LogP contribution in [-0.2, 0) is 16.2 Å². The molecule has 0 amide bonds. The maximum atomic E-state index is 13.0. The van der Waals surface area contributed by atoms with Crippen molar-refractivity contribution in [2.75, 3.05) is 0 Å². The third-order valence-corrected chi connectivity index (χ3v) is 5.78. The zero-order valence-corrected chi connectivity index (χ0v) is 21.9. The summed E-state index contributed by atoms with van der Waals surface area (Å²) in [5.74, 6) is 0.364. The minimum absolute atomic E-state index is 0.0287. The lowest BCUT2D eigenvalue weighted by Crippen LogP contribution is -2.24. The lowest BCUT2D eigenvalue weighted by atomic mass is 9.72. The molecule has 2 aromatic carbocycles. The molecule has 0 bridgehead atoms. The summed E-state index contributed by atoms with van der Waals surface area (Å²) in [6.07, 6.45) is 1.05. The van der Waals surface area contributed by atoms with E-state index in [2.05, 4.69) is 34.6 Å². The van der Waals surface area contributed by atoms with Crippen LogP contribution in [0.1, 0.15) is 110 Å². The minimum atomic E-state index is -0.414. The molecule has 0 aliphatic rings. The summed E-state index contributed by atoms with van der Waals surface area (Å²) in [4.78, 5) is 13.0. The minimum Gasteiger partial charge on any atom is -0.507 e. The first-order valence-corrected chi connectivity index (χ1v) is 11.5. The molecule has 0 spiro atoms. The molecule has 0 radical (unpaired) electrons. The number of phenols is 1. The van der Waals surface area contributed by atoms with E-state index in [1.54, 1.807) is 12.1 Å². The highest BCUT2D eigenvalue weighted by atomic mass is 16.5. The Morgan fingerprint density at radius 1 is 0.781 bits per heavy atom. The Hall–Kier alpha value is -2.29. The number of aromatic hydroxyl groups is 1. The van der Waals surface area contributed by atoms with E-state index >= 15 is 0 Å². The Kier molecular flexibility index (Phi) is 6.96. The summed E-state index contributed by atoms with van der Waals surface area (Å²) in [6.45, 7) is 23.4. The van der Waals surface area contributed by atoms with Crippen molar-refractivity contribution in [2.45, 2.75) is 98.8 Å². The molecule has 0 aliphatic carbocycles. The first kappa shape index (κ1) is 26.0. The number of carbonyl (C=O) groups excluding carboxylic acids is 1. The van der Waals surface area contributed by atoms with Crippen molar-refractivity contribution in [3.8, 4) is 11.5 Å². The van der Waals surface area contributed by atoms with E-state index in [9.17, 15) is 9.90 Å². The van der Waals surface area contributed by atoms with Crippen LogP contribution < -0.4 is 4.74 Å². The van der Waals surface area contributed by atoms with Gasteiger partial charge in [-0.15, -0.1) is 0 Å². The van der Waals surface area contributed by atoms with Crippen molar-refractivity contribution in [2.24, 2.45) is 5.41 Å². The molecule has 0 saturated heterocycles. The second-order valence-corrected chi connectivity index (χ2v) is 13.0. The van der Waals surface area contributed by atoms with Gasteiger partial charge in [-0.25, -0.2) is 4.79 Å². The highest BCUT2D eigenvalue weighted by Gasteiger charge is 2.29. The van der Waals surface area contributed by atoms with E-state index in [0.29, 0.717) is 11.3 Å². The standard InChI is InChI=1S/C29H42O3/c1-26(2,3)18-29(10,11)20-12-14-21(15-13-20)32-25(31)19-16-22(27(4,5)6)24(30)23(17-19)28(7,8)9/h12-17,30H,18H2,1-11H3. The summed E-state index contributed by atoms with van der Waals surface area (Å²) in [5.41, 5.74) is 2.81. The van der Waals surface area contributed by atoms with Gasteiger partial charge in [0.2, 0.25) is 0 Å². The summed E-state index contributed by atoms with van der Waals surface area (Å²) in [6, 6.07) is 11.3. The molecule has 32 heavy (non-hydrogen) atoms. The van der Waals surface area contributed by atoms with E-state index in [4.69, 9.17) is 4.74 Å². The molecule has 176 valence electrons. The number of carbonyl (C=O) groups is 1. The second-order valence-electron chi connectivity index (χ2n) is 13.0. The maximum Gasteiger partial charge on any atom is 0.343 e. The number of rotatable bonds is 4. The first-order chi connectivity index (χ1) is 14.3. The van der Waals surface area contributed by atoms with Crippen molar-refractivity contribution in [1.29, 1.82) is 0 Å². The molecular formula is C29H42O3. The van der Waals surface area contributed by atoms with E-state index in [1.165, 1.54) is 5.56 Å². The number of hydrogen-bond acceptors (Lipinski definition) is 3. The zero-order valence-electron chi connectivity index (χ0n) is 21.9. The number of phenolic OH excluding ortho intramolecular Hbond substituents is 1. The smallest absolute Gasteiger partial charge is 0.343 e. The lowest BCUT2D eigenvalue weighted by Gasteiger charge is -2.33. The molecule has 0 heterocycles. The molecule has 0 fully saturated rings. The molecule has 3 heteroatoms. The zero-order chi connectivity index (χ0) is 24.7. The monoisotopic (exact) mass is 438 g/mol. The van der Waals surface area contributed by atoms with E-state index in [0.717, 1.165) is 17.5 Å². The predicted octanol–water partition coefficient (Wildman–Crippen LogP) is 7.92. The van der Waals surface area contributed by atoms with E-state index in [1.807, 2.05) is 65.8 Å². The van der Waals surface area contributed by atoms with Gasteiger partial charge in [-0.2, -0.15) is 0 Å².